The summed E-state index contributed by atoms with van der Waals surface area (Å²) in [5, 5.41) is 0. The van der Waals surface area contributed by atoms with Crippen molar-refractivity contribution < 1.29 is 0 Å². The lowest BCUT2D eigenvalue weighted by Crippen LogP contribution is -2.05. The molecule has 61 valence electrons. The molecule has 1 atom stereocenters. The van der Waals surface area contributed by atoms with Crippen molar-refractivity contribution >= 4 is 0 Å². The molecule has 0 aliphatic heterocycles. The molecule has 0 bridgehead atoms. The highest BCUT2D eigenvalue weighted by molar-refractivity contribution is 4.88. The molecule has 1 heterocycles. The van der Waals surface area contributed by atoms with Crippen molar-refractivity contribution in [2.24, 2.45) is 5.92 Å². The highest BCUT2D eigenvalue weighted by Gasteiger charge is 1.99. The maximum Gasteiger partial charge on any atom is 0.0647 e. The maximum atomic E-state index is 3.14. The van der Waals surface area contributed by atoms with Crippen molar-refractivity contribution in [2.75, 3.05) is 0 Å². The summed E-state index contributed by atoms with van der Waals surface area (Å²) in [6, 6.07) is 3.98. The molecule has 0 spiro atoms. The normalized spacial score (nSPS) is 13.3. The van der Waals surface area contributed by atoms with Crippen molar-refractivity contribution in [1.29, 1.82) is 0 Å². The van der Waals surface area contributed by atoms with Crippen LogP contribution in [0.1, 0.15) is 26.7 Å². The monoisotopic (exact) mass is 150 g/mol. The van der Waals surface area contributed by atoms with Crippen LogP contribution in [0.3, 0.4) is 0 Å². The van der Waals surface area contributed by atoms with E-state index in [1.165, 1.54) is 12.8 Å². The molecule has 1 aromatic rings. The van der Waals surface area contributed by atoms with E-state index in [2.05, 4.69) is 30.8 Å². The van der Waals surface area contributed by atoms with E-state index in [1.54, 1.807) is 0 Å². The van der Waals surface area contributed by atoms with Crippen molar-refractivity contribution in [3.8, 4) is 0 Å². The van der Waals surface area contributed by atoms with Crippen LogP contribution in [0.4, 0.5) is 0 Å². The molecule has 0 N–H and O–H groups in total. The second-order valence-electron chi connectivity index (χ2n) is 3.18. The van der Waals surface area contributed by atoms with Gasteiger partial charge in [0.05, 0.1) is 6.20 Å². The predicted molar refractivity (Wildman–Crippen MR) is 47.3 cm³/mol. The number of nitrogens with zero attached hydrogens (tertiary/aromatic N) is 1. The first-order valence-corrected chi connectivity index (χ1v) is 4.35. The van der Waals surface area contributed by atoms with E-state index in [-0.39, 0.29) is 0 Å². The van der Waals surface area contributed by atoms with Gasteiger partial charge in [-0.05, 0) is 24.5 Å². The lowest BCUT2D eigenvalue weighted by molar-refractivity contribution is 0.445. The van der Waals surface area contributed by atoms with E-state index in [4.69, 9.17) is 0 Å². The Hall–Kier alpha value is -0.720. The summed E-state index contributed by atoms with van der Waals surface area (Å²) >= 11 is 0. The van der Waals surface area contributed by atoms with E-state index in [9.17, 15) is 0 Å². The predicted octanol–water partition coefficient (Wildman–Crippen LogP) is 2.72. The molecule has 0 amide bonds. The van der Waals surface area contributed by atoms with Gasteiger partial charge in [-0.1, -0.05) is 20.3 Å². The third-order valence-electron chi connectivity index (χ3n) is 1.89. The van der Waals surface area contributed by atoms with Crippen molar-refractivity contribution in [1.82, 2.24) is 4.57 Å². The third kappa shape index (κ3) is 2.79. The lowest BCUT2D eigenvalue weighted by atomic mass is 10.1. The summed E-state index contributed by atoms with van der Waals surface area (Å²) in [5.74, 6) is 0.781. The molecule has 0 aliphatic carbocycles. The van der Waals surface area contributed by atoms with Crippen LogP contribution in [-0.4, -0.2) is 4.57 Å². The Morgan fingerprint density at radius 3 is 2.91 bits per heavy atom. The highest BCUT2D eigenvalue weighted by Crippen LogP contribution is 2.07. The van der Waals surface area contributed by atoms with Crippen LogP contribution < -0.4 is 0 Å². The van der Waals surface area contributed by atoms with Gasteiger partial charge in [-0.15, -0.1) is 0 Å². The standard InChI is InChI=1S/C10H16N/c1-3-6-10(2)9-11-7-4-5-8-11/h4-5,7,10H,3,6,9H2,1-2H3. The molecule has 0 aromatic carbocycles. The molecule has 1 nitrogen and oxygen atoms in total. The molecule has 0 fully saturated rings. The Bertz CT molecular complexity index is 177. The van der Waals surface area contributed by atoms with Crippen LogP contribution in [0.5, 0.6) is 0 Å². The van der Waals surface area contributed by atoms with Gasteiger partial charge in [0.15, 0.2) is 0 Å². The molecule has 1 aromatic heterocycles. The fourth-order valence-corrected chi connectivity index (χ4v) is 1.36. The van der Waals surface area contributed by atoms with E-state index >= 15 is 0 Å². The van der Waals surface area contributed by atoms with Crippen LogP contribution in [0.15, 0.2) is 18.3 Å². The minimum atomic E-state index is 0.781. The Morgan fingerprint density at radius 2 is 2.36 bits per heavy atom. The van der Waals surface area contributed by atoms with Gasteiger partial charge in [-0.2, -0.15) is 0 Å². The van der Waals surface area contributed by atoms with E-state index in [0.29, 0.717) is 0 Å². The zero-order valence-electron chi connectivity index (χ0n) is 7.38. The quantitative estimate of drug-likeness (QED) is 0.622. The highest BCUT2D eigenvalue weighted by atomic mass is 14.9. The minimum Gasteiger partial charge on any atom is -0.346 e. The van der Waals surface area contributed by atoms with Gasteiger partial charge in [0.25, 0.3) is 0 Å². The molecule has 1 radical (unpaired) electrons. The summed E-state index contributed by atoms with van der Waals surface area (Å²) in [5.41, 5.74) is 0. The van der Waals surface area contributed by atoms with E-state index < -0.39 is 0 Å². The lowest BCUT2D eigenvalue weighted by Gasteiger charge is -2.09. The largest absolute Gasteiger partial charge is 0.346 e. The second-order valence-corrected chi connectivity index (χ2v) is 3.18. The van der Waals surface area contributed by atoms with Crippen molar-refractivity contribution in [2.45, 2.75) is 33.2 Å². The minimum absolute atomic E-state index is 0.781. The van der Waals surface area contributed by atoms with Gasteiger partial charge in [0.2, 0.25) is 0 Å². The van der Waals surface area contributed by atoms with Crippen molar-refractivity contribution in [3.05, 3.63) is 24.5 Å². The smallest absolute Gasteiger partial charge is 0.0647 e. The van der Waals surface area contributed by atoms with Crippen molar-refractivity contribution in [3.63, 3.8) is 0 Å². The summed E-state index contributed by atoms with van der Waals surface area (Å²) in [7, 11) is 0. The summed E-state index contributed by atoms with van der Waals surface area (Å²) < 4.78 is 2.13. The number of aromatic nitrogens is 1. The molecule has 11 heavy (non-hydrogen) atoms. The maximum absolute atomic E-state index is 3.14. The zero-order chi connectivity index (χ0) is 8.10. The van der Waals surface area contributed by atoms with Crippen LogP contribution in [0, 0.1) is 12.1 Å². The van der Waals surface area contributed by atoms with Crippen LogP contribution in [0.2, 0.25) is 0 Å². The Kier molecular flexibility index (Phi) is 3.21. The number of hydrogen-bond donors (Lipinski definition) is 0. The first-order chi connectivity index (χ1) is 5.33. The van der Waals surface area contributed by atoms with Gasteiger partial charge in [0.1, 0.15) is 0 Å². The summed E-state index contributed by atoms with van der Waals surface area (Å²) in [4.78, 5) is 0. The Labute approximate surface area is 69.0 Å². The molecule has 1 unspecified atom stereocenters. The zero-order valence-corrected chi connectivity index (χ0v) is 7.38. The van der Waals surface area contributed by atoms with Gasteiger partial charge >= 0.3 is 0 Å². The second kappa shape index (κ2) is 4.22. The average Bonchev–Trinajstić information content (AvgIpc) is 2.40. The number of rotatable bonds is 4. The van der Waals surface area contributed by atoms with Crippen LogP contribution in [-0.2, 0) is 6.54 Å². The van der Waals surface area contributed by atoms with Gasteiger partial charge in [-0.25, -0.2) is 0 Å². The van der Waals surface area contributed by atoms with Crippen LogP contribution >= 0.6 is 0 Å². The average molecular weight is 150 g/mol. The molecule has 0 saturated heterocycles. The summed E-state index contributed by atoms with van der Waals surface area (Å²) in [6.45, 7) is 5.63. The molecule has 1 heteroatoms. The van der Waals surface area contributed by atoms with Gasteiger partial charge in [0, 0.05) is 12.7 Å². The summed E-state index contributed by atoms with van der Waals surface area (Å²) in [6.07, 6.45) is 7.81. The number of hydrogen-bond acceptors (Lipinski definition) is 0. The van der Waals surface area contributed by atoms with Gasteiger partial charge in [-0.3, -0.25) is 0 Å². The molecular formula is C10H16N. The third-order valence-corrected chi connectivity index (χ3v) is 1.89. The first kappa shape index (κ1) is 8.38. The molecular weight excluding hydrogens is 134 g/mol. The fourth-order valence-electron chi connectivity index (χ4n) is 1.36. The van der Waals surface area contributed by atoms with E-state index in [1.807, 2.05) is 12.1 Å². The molecule has 0 aliphatic rings. The van der Waals surface area contributed by atoms with E-state index in [0.717, 1.165) is 12.5 Å². The topological polar surface area (TPSA) is 4.93 Å². The Balaban J connectivity index is 2.31. The fraction of sp³-hybridized carbons (Fsp3) is 0.600. The van der Waals surface area contributed by atoms with Gasteiger partial charge < -0.3 is 4.57 Å². The first-order valence-electron chi connectivity index (χ1n) is 4.35. The molecule has 0 saturated carbocycles. The SMILES string of the molecule is CCCC(C)Cn1[c]ccc1. The Morgan fingerprint density at radius 1 is 1.55 bits per heavy atom. The van der Waals surface area contributed by atoms with Crippen LogP contribution in [0.25, 0.3) is 0 Å². The molecule has 1 rings (SSSR count).